The van der Waals surface area contributed by atoms with Gasteiger partial charge in [0.2, 0.25) is 0 Å². The van der Waals surface area contributed by atoms with Crippen LogP contribution in [0.15, 0.2) is 91.0 Å². The van der Waals surface area contributed by atoms with Crippen molar-refractivity contribution in [1.29, 1.82) is 0 Å². The summed E-state index contributed by atoms with van der Waals surface area (Å²) in [4.78, 5) is 0. The van der Waals surface area contributed by atoms with Crippen molar-refractivity contribution in [3.8, 4) is 0 Å². The third kappa shape index (κ3) is 19.5. The minimum atomic E-state index is -1.63. The molecule has 0 saturated heterocycles. The van der Waals surface area contributed by atoms with Crippen LogP contribution in [-0.2, 0) is 4.74 Å². The molecule has 1 nitrogen and oxygen atoms in total. The average molecular weight is 751 g/mol. The van der Waals surface area contributed by atoms with Crippen LogP contribution in [0.25, 0.3) is 0 Å². The summed E-state index contributed by atoms with van der Waals surface area (Å²) in [7, 11) is 0. The number of unbranched alkanes of at least 4 members (excludes halogenated alkanes) is 4. The van der Waals surface area contributed by atoms with E-state index >= 15 is 0 Å². The van der Waals surface area contributed by atoms with Gasteiger partial charge >= 0.3 is 279 Å². The van der Waals surface area contributed by atoms with Crippen molar-refractivity contribution in [3.05, 3.63) is 91.0 Å². The molecule has 3 aromatic carbocycles. The van der Waals surface area contributed by atoms with Crippen LogP contribution in [0.1, 0.15) is 86.0 Å². The summed E-state index contributed by atoms with van der Waals surface area (Å²) in [5, 5.41) is 7.74. The molecule has 3 aromatic rings. The van der Waals surface area contributed by atoms with E-state index in [1.165, 1.54) is 69.8 Å². The van der Waals surface area contributed by atoms with E-state index in [4.69, 9.17) is 4.74 Å². The standard InChI is InChI=1S/C18H15Ge.C12H27GeO.C8H18Ge/c1-4-10-16(11-5-1)19(17-12-6-2-7-13-17)18-14-8-3-9-15-18;1-4-7-9-13(10-8-5-2)11-12-14-6-3;1-3-5-7-9-8-6-4-2/h1-15H;4-12H2,1-3H3;3-8H2,1-2H3. The monoisotopic (exact) mass is 754 g/mol. The second-order valence-electron chi connectivity index (χ2n) is 10.8. The molecule has 0 unspecified atom stereocenters. The summed E-state index contributed by atoms with van der Waals surface area (Å²) in [6.07, 6.45) is 11.4. The van der Waals surface area contributed by atoms with Crippen LogP contribution < -0.4 is 13.2 Å². The summed E-state index contributed by atoms with van der Waals surface area (Å²) in [5.74, 6) is 0. The van der Waals surface area contributed by atoms with Crippen molar-refractivity contribution in [3.63, 3.8) is 0 Å². The first-order valence-electron chi connectivity index (χ1n) is 16.9. The Hall–Kier alpha value is -0.751. The van der Waals surface area contributed by atoms with E-state index < -0.39 is 28.7 Å². The van der Waals surface area contributed by atoms with Gasteiger partial charge in [0.25, 0.3) is 0 Å². The fourth-order valence-corrected chi connectivity index (χ4v) is 19.2. The van der Waals surface area contributed by atoms with Crippen LogP contribution in [0, 0.1) is 0 Å². The Morgan fingerprint density at radius 2 is 0.881 bits per heavy atom. The zero-order valence-electron chi connectivity index (χ0n) is 27.7. The molecule has 0 bridgehead atoms. The summed E-state index contributed by atoms with van der Waals surface area (Å²) in [5.41, 5.74) is 0. The fourth-order valence-electron chi connectivity index (χ4n) is 4.63. The molecule has 4 heteroatoms. The van der Waals surface area contributed by atoms with Gasteiger partial charge in [-0.1, -0.05) is 0 Å². The summed E-state index contributed by atoms with van der Waals surface area (Å²) < 4.78 is 9.97. The molecule has 0 atom stereocenters. The molecular weight excluding hydrogens is 690 g/mol. The molecule has 3 rings (SSSR count). The van der Waals surface area contributed by atoms with Crippen molar-refractivity contribution >= 4 is 57.3 Å². The molecule has 0 amide bonds. The number of rotatable bonds is 19. The fraction of sp³-hybridized carbons (Fsp3) is 0.526. The van der Waals surface area contributed by atoms with E-state index in [1.54, 1.807) is 21.0 Å². The number of ether oxygens (including phenoxy) is 1. The molecule has 230 valence electrons. The minimum absolute atomic E-state index is 0.496. The number of benzene rings is 3. The molecule has 0 heterocycles. The summed E-state index contributed by atoms with van der Waals surface area (Å²) >= 11 is -1.83. The molecular formula is C38H60Ge3O. The van der Waals surface area contributed by atoms with Crippen molar-refractivity contribution in [2.24, 2.45) is 0 Å². The van der Waals surface area contributed by atoms with Crippen molar-refractivity contribution in [2.75, 3.05) is 13.2 Å². The predicted molar refractivity (Wildman–Crippen MR) is 196 cm³/mol. The van der Waals surface area contributed by atoms with Crippen molar-refractivity contribution in [1.82, 2.24) is 0 Å². The zero-order chi connectivity index (χ0) is 30.5. The van der Waals surface area contributed by atoms with Gasteiger partial charge in [0.15, 0.2) is 0 Å². The van der Waals surface area contributed by atoms with Gasteiger partial charge in [0, 0.05) is 0 Å². The first-order chi connectivity index (χ1) is 20.7. The third-order valence-electron chi connectivity index (χ3n) is 7.17. The van der Waals surface area contributed by atoms with Gasteiger partial charge < -0.3 is 0 Å². The van der Waals surface area contributed by atoms with Crippen LogP contribution in [-0.4, -0.2) is 57.3 Å². The van der Waals surface area contributed by atoms with Gasteiger partial charge in [0.05, 0.1) is 0 Å². The molecule has 0 aliphatic rings. The molecule has 0 spiro atoms. The molecule has 0 aromatic heterocycles. The second-order valence-corrected chi connectivity index (χ2v) is 25.5. The van der Waals surface area contributed by atoms with Crippen LogP contribution in [0.2, 0.25) is 26.3 Å². The van der Waals surface area contributed by atoms with Gasteiger partial charge in [-0.25, -0.2) is 0 Å². The van der Waals surface area contributed by atoms with Gasteiger partial charge in [-0.15, -0.1) is 0 Å². The van der Waals surface area contributed by atoms with E-state index in [0.717, 1.165) is 13.2 Å². The van der Waals surface area contributed by atoms with E-state index in [2.05, 4.69) is 126 Å². The van der Waals surface area contributed by atoms with Crippen LogP contribution in [0.3, 0.4) is 0 Å². The van der Waals surface area contributed by atoms with Gasteiger partial charge in [0.1, 0.15) is 0 Å². The van der Waals surface area contributed by atoms with Crippen LogP contribution in [0.4, 0.5) is 0 Å². The summed E-state index contributed by atoms with van der Waals surface area (Å²) in [6, 6.07) is 32.8. The van der Waals surface area contributed by atoms with Crippen molar-refractivity contribution < 1.29 is 4.74 Å². The van der Waals surface area contributed by atoms with E-state index in [9.17, 15) is 0 Å². The Balaban J connectivity index is 0.000000340. The molecule has 0 aliphatic heterocycles. The van der Waals surface area contributed by atoms with Gasteiger partial charge in [-0.3, -0.25) is 0 Å². The molecule has 42 heavy (non-hydrogen) atoms. The van der Waals surface area contributed by atoms with Crippen LogP contribution in [0.5, 0.6) is 0 Å². The Morgan fingerprint density at radius 3 is 1.21 bits per heavy atom. The number of hydrogen-bond acceptors (Lipinski definition) is 1. The van der Waals surface area contributed by atoms with Gasteiger partial charge in [-0.05, 0) is 0 Å². The molecule has 0 aliphatic carbocycles. The number of hydrogen-bond donors (Lipinski definition) is 0. The van der Waals surface area contributed by atoms with E-state index in [-0.39, 0.29) is 0 Å². The Morgan fingerprint density at radius 1 is 0.500 bits per heavy atom. The molecule has 0 fully saturated rings. The topological polar surface area (TPSA) is 9.23 Å². The Kier molecular flexibility index (Phi) is 27.1. The average Bonchev–Trinajstić information content (AvgIpc) is 3.04. The SMILES string of the molecule is CCC[CH2][Ge]([CH2]CCC)[CH2]COCC.CCC[CH2][Ge][CH2]CCC.c1cc[c]([Ge]([c]2ccccc2)[c]2ccccc2)cc1. The van der Waals surface area contributed by atoms with Gasteiger partial charge in [-0.2, -0.15) is 0 Å². The first-order valence-corrected chi connectivity index (χ1v) is 27.4. The molecule has 0 N–H and O–H groups in total. The second kappa shape index (κ2) is 29.0. The third-order valence-corrected chi connectivity index (χ3v) is 22.2. The van der Waals surface area contributed by atoms with E-state index in [1.807, 2.05) is 0 Å². The Bertz CT molecular complexity index is 828. The molecule has 0 saturated carbocycles. The predicted octanol–water partition coefficient (Wildman–Crippen LogP) is 9.45. The first kappa shape index (κ1) is 39.3. The zero-order valence-corrected chi connectivity index (χ0v) is 34.0. The summed E-state index contributed by atoms with van der Waals surface area (Å²) in [6.45, 7) is 13.2. The maximum atomic E-state index is 5.47. The maximum absolute atomic E-state index is 5.47. The quantitative estimate of drug-likeness (QED) is 0.0877. The molecule has 4 radical (unpaired) electrons. The van der Waals surface area contributed by atoms with Crippen LogP contribution >= 0.6 is 0 Å². The van der Waals surface area contributed by atoms with Crippen molar-refractivity contribution in [2.45, 2.75) is 112 Å². The van der Waals surface area contributed by atoms with E-state index in [0.29, 0.717) is 15.4 Å². The Labute approximate surface area is 276 Å². The normalized spacial score (nSPS) is 10.6.